The molecule has 0 aliphatic rings. The molecule has 5 nitrogen and oxygen atoms in total. The van der Waals surface area contributed by atoms with Gasteiger partial charge < -0.3 is 5.32 Å². The van der Waals surface area contributed by atoms with E-state index in [4.69, 9.17) is 0 Å². The van der Waals surface area contributed by atoms with Gasteiger partial charge in [0, 0.05) is 27.5 Å². The molecular weight excluding hydrogens is 376 g/mol. The van der Waals surface area contributed by atoms with Crippen molar-refractivity contribution in [2.45, 2.75) is 12.8 Å². The molecule has 1 aromatic heterocycles. The van der Waals surface area contributed by atoms with Gasteiger partial charge in [-0.05, 0) is 24.6 Å². The zero-order valence-corrected chi connectivity index (χ0v) is 13.2. The Balaban J connectivity index is 1.80. The van der Waals surface area contributed by atoms with Crippen molar-refractivity contribution < 1.29 is 4.79 Å². The van der Waals surface area contributed by atoms with E-state index in [2.05, 4.69) is 52.4 Å². The molecule has 7 heteroatoms. The third-order valence-electron chi connectivity index (χ3n) is 2.47. The first-order valence-corrected chi connectivity index (χ1v) is 7.32. The largest absolute Gasteiger partial charge is 0.352 e. The highest BCUT2D eigenvalue weighted by Gasteiger charge is 2.07. The second kappa shape index (κ2) is 6.81. The number of halogens is 2. The van der Waals surface area contributed by atoms with E-state index < -0.39 is 0 Å². The Hall–Kier alpha value is -1.21. The second-order valence-corrected chi connectivity index (χ2v) is 5.78. The van der Waals surface area contributed by atoms with Gasteiger partial charge in [0.25, 0.3) is 5.91 Å². The summed E-state index contributed by atoms with van der Waals surface area (Å²) in [5.41, 5.74) is 0.626. The third kappa shape index (κ3) is 4.43. The molecule has 0 atom stereocenters. The number of aryl methyl sites for hydroxylation is 1. The van der Waals surface area contributed by atoms with Crippen LogP contribution in [0.1, 0.15) is 22.6 Å². The highest BCUT2D eigenvalue weighted by atomic mass is 79.9. The average Bonchev–Trinajstić information content (AvgIpc) is 2.86. The molecule has 2 rings (SSSR count). The Morgan fingerprint density at radius 3 is 2.63 bits per heavy atom. The van der Waals surface area contributed by atoms with Crippen molar-refractivity contribution in [3.63, 3.8) is 0 Å². The first-order valence-electron chi connectivity index (χ1n) is 5.73. The van der Waals surface area contributed by atoms with E-state index in [1.165, 1.54) is 6.33 Å². The lowest BCUT2D eigenvalue weighted by molar-refractivity contribution is 0.0953. The fraction of sp³-hybridized carbons (Fsp3) is 0.250. The number of rotatable bonds is 5. The molecule has 0 spiro atoms. The highest BCUT2D eigenvalue weighted by Crippen LogP contribution is 2.19. The van der Waals surface area contributed by atoms with E-state index in [9.17, 15) is 4.79 Å². The Morgan fingerprint density at radius 2 is 2.00 bits per heavy atom. The molecular formula is C12H12Br2N4O. The number of hydrogen-bond acceptors (Lipinski definition) is 3. The van der Waals surface area contributed by atoms with Crippen LogP contribution >= 0.6 is 31.9 Å². The van der Waals surface area contributed by atoms with E-state index in [0.717, 1.165) is 27.6 Å². The molecule has 19 heavy (non-hydrogen) atoms. The highest BCUT2D eigenvalue weighted by molar-refractivity contribution is 9.11. The van der Waals surface area contributed by atoms with Crippen LogP contribution < -0.4 is 5.32 Å². The number of benzene rings is 1. The summed E-state index contributed by atoms with van der Waals surface area (Å²) in [6.07, 6.45) is 3.06. The molecule has 2 N–H and O–H groups in total. The lowest BCUT2D eigenvalue weighted by atomic mass is 10.2. The van der Waals surface area contributed by atoms with Crippen LogP contribution in [0, 0.1) is 0 Å². The Kier molecular flexibility index (Phi) is 5.09. The maximum absolute atomic E-state index is 11.9. The molecule has 100 valence electrons. The maximum atomic E-state index is 11.9. The molecule has 0 aliphatic heterocycles. The van der Waals surface area contributed by atoms with E-state index in [1.54, 1.807) is 12.1 Å². The van der Waals surface area contributed by atoms with E-state index >= 15 is 0 Å². The van der Waals surface area contributed by atoms with Crippen molar-refractivity contribution in [1.29, 1.82) is 0 Å². The normalized spacial score (nSPS) is 10.4. The van der Waals surface area contributed by atoms with Gasteiger partial charge in [-0.2, -0.15) is 5.10 Å². The van der Waals surface area contributed by atoms with Crippen LogP contribution in [0.15, 0.2) is 33.5 Å². The quantitative estimate of drug-likeness (QED) is 0.775. The SMILES string of the molecule is O=C(NCCCc1ncn[nH]1)c1cc(Br)cc(Br)c1. The van der Waals surface area contributed by atoms with Gasteiger partial charge in [0.1, 0.15) is 12.2 Å². The molecule has 0 bridgehead atoms. The third-order valence-corrected chi connectivity index (χ3v) is 3.38. The summed E-state index contributed by atoms with van der Waals surface area (Å²) in [7, 11) is 0. The Morgan fingerprint density at radius 1 is 1.26 bits per heavy atom. The molecule has 1 aromatic carbocycles. The Bertz CT molecular complexity index is 537. The molecule has 0 fully saturated rings. The van der Waals surface area contributed by atoms with Gasteiger partial charge in [-0.15, -0.1) is 0 Å². The average molecular weight is 388 g/mol. The minimum absolute atomic E-state index is 0.0837. The summed E-state index contributed by atoms with van der Waals surface area (Å²) < 4.78 is 1.74. The van der Waals surface area contributed by atoms with Crippen molar-refractivity contribution >= 4 is 37.8 Å². The molecule has 0 radical (unpaired) electrons. The van der Waals surface area contributed by atoms with Crippen molar-refractivity contribution in [2.24, 2.45) is 0 Å². The number of nitrogens with zero attached hydrogens (tertiary/aromatic N) is 2. The number of H-pyrrole nitrogens is 1. The monoisotopic (exact) mass is 386 g/mol. The van der Waals surface area contributed by atoms with Crippen LogP contribution in [0.2, 0.25) is 0 Å². The van der Waals surface area contributed by atoms with Crippen LogP contribution in [0.3, 0.4) is 0 Å². The lowest BCUT2D eigenvalue weighted by Crippen LogP contribution is -2.24. The zero-order chi connectivity index (χ0) is 13.7. The van der Waals surface area contributed by atoms with Crippen molar-refractivity contribution in [3.05, 3.63) is 44.9 Å². The molecule has 0 aliphatic carbocycles. The van der Waals surface area contributed by atoms with Crippen molar-refractivity contribution in [2.75, 3.05) is 6.54 Å². The topological polar surface area (TPSA) is 70.7 Å². The molecule has 2 aromatic rings. The van der Waals surface area contributed by atoms with Gasteiger partial charge in [0.05, 0.1) is 0 Å². The molecule has 0 saturated carbocycles. The number of amides is 1. The van der Waals surface area contributed by atoms with Crippen molar-refractivity contribution in [3.8, 4) is 0 Å². The number of aromatic amines is 1. The maximum Gasteiger partial charge on any atom is 0.251 e. The predicted octanol–water partition coefficient (Wildman–Crippen LogP) is 2.69. The minimum Gasteiger partial charge on any atom is -0.352 e. The molecule has 0 saturated heterocycles. The fourth-order valence-corrected chi connectivity index (χ4v) is 2.89. The first-order chi connectivity index (χ1) is 9.15. The number of nitrogens with one attached hydrogen (secondary N) is 2. The summed E-state index contributed by atoms with van der Waals surface area (Å²) >= 11 is 6.72. The van der Waals surface area contributed by atoms with E-state index in [0.29, 0.717) is 12.1 Å². The first kappa shape index (κ1) is 14.2. The van der Waals surface area contributed by atoms with Crippen LogP contribution in [0.5, 0.6) is 0 Å². The number of hydrogen-bond donors (Lipinski definition) is 2. The minimum atomic E-state index is -0.0837. The summed E-state index contributed by atoms with van der Waals surface area (Å²) in [5, 5.41) is 9.43. The molecule has 1 amide bonds. The van der Waals surface area contributed by atoms with Gasteiger partial charge in [-0.1, -0.05) is 31.9 Å². The van der Waals surface area contributed by atoms with Crippen LogP contribution in [-0.4, -0.2) is 27.6 Å². The summed E-state index contributed by atoms with van der Waals surface area (Å²) in [5.74, 6) is 0.749. The summed E-state index contributed by atoms with van der Waals surface area (Å²) in [6.45, 7) is 0.601. The van der Waals surface area contributed by atoms with Crippen LogP contribution in [0.4, 0.5) is 0 Å². The Labute approximate surface area is 127 Å². The van der Waals surface area contributed by atoms with Gasteiger partial charge in [0.2, 0.25) is 0 Å². The zero-order valence-electron chi connectivity index (χ0n) is 9.99. The second-order valence-electron chi connectivity index (χ2n) is 3.95. The van der Waals surface area contributed by atoms with Gasteiger partial charge in [-0.25, -0.2) is 4.98 Å². The number of carbonyl (C=O) groups excluding carboxylic acids is 1. The summed E-state index contributed by atoms with van der Waals surface area (Å²) in [4.78, 5) is 15.9. The predicted molar refractivity (Wildman–Crippen MR) is 78.9 cm³/mol. The smallest absolute Gasteiger partial charge is 0.251 e. The number of aromatic nitrogens is 3. The fourth-order valence-electron chi connectivity index (χ4n) is 1.60. The lowest BCUT2D eigenvalue weighted by Gasteiger charge is -2.05. The van der Waals surface area contributed by atoms with E-state index in [-0.39, 0.29) is 5.91 Å². The van der Waals surface area contributed by atoms with Gasteiger partial charge in [0.15, 0.2) is 0 Å². The molecule has 1 heterocycles. The van der Waals surface area contributed by atoms with Gasteiger partial charge in [-0.3, -0.25) is 9.89 Å². The summed E-state index contributed by atoms with van der Waals surface area (Å²) in [6, 6.07) is 5.47. The van der Waals surface area contributed by atoms with Crippen LogP contribution in [-0.2, 0) is 6.42 Å². The molecule has 0 unspecified atom stereocenters. The van der Waals surface area contributed by atoms with Gasteiger partial charge >= 0.3 is 0 Å². The van der Waals surface area contributed by atoms with E-state index in [1.807, 2.05) is 6.07 Å². The van der Waals surface area contributed by atoms with Crippen molar-refractivity contribution in [1.82, 2.24) is 20.5 Å². The number of carbonyl (C=O) groups is 1. The van der Waals surface area contributed by atoms with Crippen LogP contribution in [0.25, 0.3) is 0 Å². The standard InChI is InChI=1S/C12H12Br2N4O/c13-9-4-8(5-10(14)6-9)12(19)15-3-1-2-11-16-7-17-18-11/h4-7H,1-3H2,(H,15,19)(H,16,17,18).